The fourth-order valence-corrected chi connectivity index (χ4v) is 7.41. The van der Waals surface area contributed by atoms with Crippen LogP contribution >= 0.6 is 0 Å². The number of rotatable bonds is 5. The zero-order valence-corrected chi connectivity index (χ0v) is 26.0. The highest BCUT2D eigenvalue weighted by Crippen LogP contribution is 2.46. The van der Waals surface area contributed by atoms with Gasteiger partial charge >= 0.3 is 0 Å². The monoisotopic (exact) mass is 618 g/mol. The minimum atomic E-state index is -1.15. The van der Waals surface area contributed by atoms with E-state index in [1.54, 1.807) is 4.90 Å². The van der Waals surface area contributed by atoms with Gasteiger partial charge in [-0.1, -0.05) is 158 Å². The minimum absolute atomic E-state index is 0.235. The number of amides is 1. The summed E-state index contributed by atoms with van der Waals surface area (Å²) in [4.78, 5) is 16.4. The molecule has 7 aromatic carbocycles. The molecule has 0 bridgehead atoms. The maximum atomic E-state index is 14.8. The molecule has 0 aliphatic carbocycles. The van der Waals surface area contributed by atoms with Crippen LogP contribution in [-0.2, 0) is 0 Å². The van der Waals surface area contributed by atoms with E-state index in [4.69, 9.17) is 0 Å². The molecule has 0 radical (unpaired) electrons. The van der Waals surface area contributed by atoms with E-state index < -0.39 is 6.23 Å². The van der Waals surface area contributed by atoms with Gasteiger partial charge in [0.2, 0.25) is 0 Å². The van der Waals surface area contributed by atoms with Gasteiger partial charge in [0.05, 0.1) is 28.0 Å². The van der Waals surface area contributed by atoms with E-state index in [2.05, 4.69) is 89.5 Å². The summed E-state index contributed by atoms with van der Waals surface area (Å²) in [6.07, 6.45) is -1.15. The number of hydrogen-bond acceptors (Lipinski definition) is 2. The number of anilines is 1. The first kappa shape index (κ1) is 28.0. The van der Waals surface area contributed by atoms with Crippen molar-refractivity contribution in [2.24, 2.45) is 0 Å². The first-order valence-electron chi connectivity index (χ1n) is 16.2. The number of fused-ring (bicyclic) bond motifs is 4. The van der Waals surface area contributed by atoms with Gasteiger partial charge in [-0.25, -0.2) is 0 Å². The highest BCUT2D eigenvalue weighted by atomic mass is 16.3. The molecule has 4 heteroatoms. The molecule has 1 N–H and O–H groups in total. The summed E-state index contributed by atoms with van der Waals surface area (Å²) in [6, 6.07) is 57.2. The van der Waals surface area contributed by atoms with Gasteiger partial charge < -0.3 is 9.67 Å². The molecule has 2 heterocycles. The molecule has 0 spiro atoms. The maximum Gasteiger partial charge on any atom is 0.263 e. The standard InChI is InChI=1S/C44H30N2O2/c47-43-37-26-14-28-39(40(37)44(48)46(43)38-27-11-10-21-32(38)29-15-4-1-5-16-29)45-41-33(30-17-6-2-7-18-30)22-12-24-35(41)36-25-13-23-34(42(36)45)31-19-8-3-9-20-31/h1-28,43,47H. The predicted molar refractivity (Wildman–Crippen MR) is 195 cm³/mol. The second-order valence-corrected chi connectivity index (χ2v) is 12.1. The molecule has 0 saturated heterocycles. The minimum Gasteiger partial charge on any atom is -0.369 e. The zero-order chi connectivity index (χ0) is 32.2. The highest BCUT2D eigenvalue weighted by molar-refractivity contribution is 6.20. The summed E-state index contributed by atoms with van der Waals surface area (Å²) in [5, 5.41) is 14.1. The zero-order valence-electron chi connectivity index (χ0n) is 26.0. The van der Waals surface area contributed by atoms with Crippen LogP contribution in [0.4, 0.5) is 5.69 Å². The summed E-state index contributed by atoms with van der Waals surface area (Å²) in [7, 11) is 0. The first-order chi connectivity index (χ1) is 23.7. The van der Waals surface area contributed by atoms with E-state index in [-0.39, 0.29) is 5.91 Å². The van der Waals surface area contributed by atoms with Crippen molar-refractivity contribution in [2.75, 3.05) is 4.90 Å². The second kappa shape index (κ2) is 11.2. The van der Waals surface area contributed by atoms with E-state index in [0.717, 1.165) is 60.9 Å². The lowest BCUT2D eigenvalue weighted by Crippen LogP contribution is -2.28. The lowest BCUT2D eigenvalue weighted by molar-refractivity contribution is 0.0935. The Morgan fingerprint density at radius 1 is 0.438 bits per heavy atom. The van der Waals surface area contributed by atoms with Crippen LogP contribution in [0.3, 0.4) is 0 Å². The summed E-state index contributed by atoms with van der Waals surface area (Å²) < 4.78 is 2.26. The number of para-hydroxylation sites is 3. The first-order valence-corrected chi connectivity index (χ1v) is 16.2. The van der Waals surface area contributed by atoms with Crippen molar-refractivity contribution in [1.29, 1.82) is 0 Å². The van der Waals surface area contributed by atoms with Gasteiger partial charge in [0.25, 0.3) is 5.91 Å². The van der Waals surface area contributed by atoms with Gasteiger partial charge in [-0.05, 0) is 28.8 Å². The summed E-state index contributed by atoms with van der Waals surface area (Å²) in [6.45, 7) is 0. The summed E-state index contributed by atoms with van der Waals surface area (Å²) in [5.74, 6) is -0.235. The summed E-state index contributed by atoms with van der Waals surface area (Å²) in [5.41, 5.74) is 10.7. The average molecular weight is 619 g/mol. The lowest BCUT2D eigenvalue weighted by Gasteiger charge is -2.24. The Bertz CT molecular complexity index is 2390. The van der Waals surface area contributed by atoms with Gasteiger partial charge in [0.1, 0.15) is 0 Å². The average Bonchev–Trinajstić information content (AvgIpc) is 3.63. The number of hydrogen-bond donors (Lipinski definition) is 1. The molecule has 9 rings (SSSR count). The van der Waals surface area contributed by atoms with Crippen molar-refractivity contribution < 1.29 is 9.90 Å². The van der Waals surface area contributed by atoms with Crippen molar-refractivity contribution >= 4 is 33.4 Å². The van der Waals surface area contributed by atoms with E-state index in [1.165, 1.54) is 0 Å². The Kier molecular flexibility index (Phi) is 6.56. The quantitative estimate of drug-likeness (QED) is 0.209. The number of carbonyl (C=O) groups excluding carboxylic acids is 1. The Morgan fingerprint density at radius 3 is 1.44 bits per heavy atom. The third-order valence-corrected chi connectivity index (χ3v) is 9.50. The van der Waals surface area contributed by atoms with Gasteiger partial charge in [0, 0.05) is 33.0 Å². The Labute approximate surface area is 278 Å². The van der Waals surface area contributed by atoms with Gasteiger partial charge in [-0.2, -0.15) is 0 Å². The third kappa shape index (κ3) is 4.24. The molecule has 4 nitrogen and oxygen atoms in total. The topological polar surface area (TPSA) is 45.5 Å². The second-order valence-electron chi connectivity index (χ2n) is 12.1. The molecule has 8 aromatic rings. The number of aromatic nitrogens is 1. The van der Waals surface area contributed by atoms with E-state index in [0.29, 0.717) is 16.8 Å². The SMILES string of the molecule is O=C1c2c(cccc2-n2c3c(-c4ccccc4)cccc3c3cccc(-c4ccccc4)c32)C(O)N1c1ccccc1-c1ccccc1. The lowest BCUT2D eigenvalue weighted by atomic mass is 10.0. The van der Waals surface area contributed by atoms with Crippen LogP contribution in [0.15, 0.2) is 170 Å². The molecule has 1 aromatic heterocycles. The molecule has 1 unspecified atom stereocenters. The van der Waals surface area contributed by atoms with E-state index in [9.17, 15) is 9.90 Å². The van der Waals surface area contributed by atoms with Crippen molar-refractivity contribution in [2.45, 2.75) is 6.23 Å². The van der Waals surface area contributed by atoms with Crippen LogP contribution in [0, 0.1) is 0 Å². The molecule has 1 atom stereocenters. The van der Waals surface area contributed by atoms with Crippen LogP contribution in [0.2, 0.25) is 0 Å². The van der Waals surface area contributed by atoms with Crippen LogP contribution in [0.1, 0.15) is 22.1 Å². The van der Waals surface area contributed by atoms with E-state index in [1.807, 2.05) is 84.9 Å². The van der Waals surface area contributed by atoms with Crippen LogP contribution in [0.25, 0.3) is 60.9 Å². The van der Waals surface area contributed by atoms with Crippen molar-refractivity contribution in [1.82, 2.24) is 4.57 Å². The highest BCUT2D eigenvalue weighted by Gasteiger charge is 2.40. The van der Waals surface area contributed by atoms with E-state index >= 15 is 0 Å². The molecule has 1 aliphatic heterocycles. The van der Waals surface area contributed by atoms with Gasteiger partial charge in [0.15, 0.2) is 6.23 Å². The van der Waals surface area contributed by atoms with Crippen molar-refractivity contribution in [3.63, 3.8) is 0 Å². The van der Waals surface area contributed by atoms with Crippen molar-refractivity contribution in [3.05, 3.63) is 181 Å². The van der Waals surface area contributed by atoms with Crippen LogP contribution < -0.4 is 4.90 Å². The number of benzene rings is 7. The number of nitrogens with zero attached hydrogens (tertiary/aromatic N) is 2. The van der Waals surface area contributed by atoms with Gasteiger partial charge in [-0.3, -0.25) is 9.69 Å². The van der Waals surface area contributed by atoms with Crippen LogP contribution in [0.5, 0.6) is 0 Å². The van der Waals surface area contributed by atoms with Gasteiger partial charge in [-0.15, -0.1) is 0 Å². The molecule has 0 saturated carbocycles. The summed E-state index contributed by atoms with van der Waals surface area (Å²) >= 11 is 0. The smallest absolute Gasteiger partial charge is 0.263 e. The predicted octanol–water partition coefficient (Wildman–Crippen LogP) is 10.4. The Balaban J connectivity index is 1.35. The molecule has 1 amide bonds. The normalized spacial score (nSPS) is 14.1. The molecular weight excluding hydrogens is 588 g/mol. The van der Waals surface area contributed by atoms with Crippen molar-refractivity contribution in [3.8, 4) is 39.1 Å². The maximum absolute atomic E-state index is 14.8. The molecule has 0 fully saturated rings. The Hall–Kier alpha value is -6.23. The number of aliphatic hydroxyl groups excluding tert-OH is 1. The molecule has 1 aliphatic rings. The molecular formula is C44H30N2O2. The molecule has 228 valence electrons. The number of aliphatic hydroxyl groups is 1. The fourth-order valence-electron chi connectivity index (χ4n) is 7.41. The Morgan fingerprint density at radius 2 is 0.875 bits per heavy atom. The largest absolute Gasteiger partial charge is 0.369 e. The number of carbonyl (C=O) groups is 1. The van der Waals surface area contributed by atoms with Crippen LogP contribution in [-0.4, -0.2) is 15.6 Å². The third-order valence-electron chi connectivity index (χ3n) is 9.50. The molecule has 48 heavy (non-hydrogen) atoms. The fraction of sp³-hybridized carbons (Fsp3) is 0.0227.